The number of nitrogens with zero attached hydrogens (tertiary/aromatic N) is 6. The van der Waals surface area contributed by atoms with Crippen LogP contribution in [-0.2, 0) is 16.1 Å². The Kier molecular flexibility index (Phi) is 8.17. The lowest BCUT2D eigenvalue weighted by molar-refractivity contribution is -0.127. The SMILES string of the molecule is CCOC(C)(C)/C=C(/C#N)C(=O)N1CCCC1Cn1nc(-c2ccc(Oc3ccccc3)cc2F)c2c(N)ncnc21. The van der Waals surface area contributed by atoms with E-state index in [1.807, 2.05) is 45.0 Å². The highest BCUT2D eigenvalue weighted by atomic mass is 19.1. The van der Waals surface area contributed by atoms with Crippen molar-refractivity contribution in [2.75, 3.05) is 18.9 Å². The van der Waals surface area contributed by atoms with E-state index in [4.69, 9.17) is 20.3 Å². The van der Waals surface area contributed by atoms with Gasteiger partial charge in [-0.25, -0.2) is 19.0 Å². The van der Waals surface area contributed by atoms with Crippen molar-refractivity contribution in [3.8, 4) is 28.8 Å². The molecule has 1 saturated heterocycles. The van der Waals surface area contributed by atoms with Crippen LogP contribution in [0, 0.1) is 17.1 Å². The Morgan fingerprint density at radius 2 is 2.00 bits per heavy atom. The predicted octanol–water partition coefficient (Wildman–Crippen LogP) is 5.26. The number of anilines is 1. The molecule has 1 aliphatic heterocycles. The number of rotatable bonds is 9. The van der Waals surface area contributed by atoms with Gasteiger partial charge in [-0.1, -0.05) is 18.2 Å². The van der Waals surface area contributed by atoms with Gasteiger partial charge in [0.25, 0.3) is 5.91 Å². The molecule has 1 unspecified atom stereocenters. The molecule has 1 atom stereocenters. The minimum Gasteiger partial charge on any atom is -0.457 e. The molecular formula is C31H32FN7O3. The minimum absolute atomic E-state index is 0.0258. The Morgan fingerprint density at radius 1 is 1.21 bits per heavy atom. The van der Waals surface area contributed by atoms with Crippen molar-refractivity contribution in [1.29, 1.82) is 5.26 Å². The molecule has 42 heavy (non-hydrogen) atoms. The van der Waals surface area contributed by atoms with Gasteiger partial charge in [-0.15, -0.1) is 0 Å². The Labute approximate surface area is 243 Å². The zero-order valence-corrected chi connectivity index (χ0v) is 23.7. The topological polar surface area (TPSA) is 132 Å². The van der Waals surface area contributed by atoms with Gasteiger partial charge in [0.1, 0.15) is 46.8 Å². The fourth-order valence-corrected chi connectivity index (χ4v) is 5.27. The Balaban J connectivity index is 1.45. The number of para-hydroxylation sites is 1. The Bertz CT molecular complexity index is 1680. The van der Waals surface area contributed by atoms with Gasteiger partial charge in [0.05, 0.1) is 23.6 Å². The second-order valence-corrected chi connectivity index (χ2v) is 10.5. The zero-order chi connectivity index (χ0) is 29.9. The lowest BCUT2D eigenvalue weighted by Gasteiger charge is -2.26. The van der Waals surface area contributed by atoms with Crippen LogP contribution in [0.15, 0.2) is 66.5 Å². The number of carbonyl (C=O) groups is 1. The van der Waals surface area contributed by atoms with Gasteiger partial charge in [-0.3, -0.25) is 4.79 Å². The third-order valence-electron chi connectivity index (χ3n) is 7.11. The number of carbonyl (C=O) groups excluding carboxylic acids is 1. The van der Waals surface area contributed by atoms with Gasteiger partial charge in [-0.05, 0) is 64.0 Å². The van der Waals surface area contributed by atoms with Crippen molar-refractivity contribution in [1.82, 2.24) is 24.6 Å². The Hall–Kier alpha value is -4.82. The van der Waals surface area contributed by atoms with E-state index in [2.05, 4.69) is 9.97 Å². The first kappa shape index (κ1) is 28.7. The highest BCUT2D eigenvalue weighted by molar-refractivity contribution is 5.99. The second kappa shape index (κ2) is 12.0. The zero-order valence-electron chi connectivity index (χ0n) is 23.7. The molecule has 3 heterocycles. The Morgan fingerprint density at radius 3 is 2.71 bits per heavy atom. The van der Waals surface area contributed by atoms with Gasteiger partial charge in [0.15, 0.2) is 5.65 Å². The molecule has 216 valence electrons. The van der Waals surface area contributed by atoms with Crippen LogP contribution >= 0.6 is 0 Å². The highest BCUT2D eigenvalue weighted by Crippen LogP contribution is 2.35. The maximum atomic E-state index is 15.5. The summed E-state index contributed by atoms with van der Waals surface area (Å²) in [5.74, 6) is 0.181. The van der Waals surface area contributed by atoms with Gasteiger partial charge < -0.3 is 20.1 Å². The number of nitriles is 1. The first-order valence-corrected chi connectivity index (χ1v) is 13.8. The van der Waals surface area contributed by atoms with Gasteiger partial charge in [0, 0.05) is 24.8 Å². The maximum absolute atomic E-state index is 15.5. The summed E-state index contributed by atoms with van der Waals surface area (Å²) in [4.78, 5) is 23.7. The van der Waals surface area contributed by atoms with Crippen LogP contribution in [0.4, 0.5) is 10.2 Å². The number of likely N-dealkylation sites (tertiary alicyclic amines) is 1. The molecular weight excluding hydrogens is 537 g/mol. The molecule has 0 radical (unpaired) electrons. The molecule has 0 aliphatic carbocycles. The molecule has 4 aromatic rings. The largest absolute Gasteiger partial charge is 0.457 e. The highest BCUT2D eigenvalue weighted by Gasteiger charge is 2.33. The summed E-state index contributed by atoms with van der Waals surface area (Å²) in [6, 6.07) is 15.4. The quantitative estimate of drug-likeness (QED) is 0.213. The van der Waals surface area contributed by atoms with Crippen LogP contribution in [0.25, 0.3) is 22.3 Å². The van der Waals surface area contributed by atoms with E-state index in [9.17, 15) is 10.1 Å². The van der Waals surface area contributed by atoms with E-state index in [1.54, 1.807) is 39.9 Å². The number of benzene rings is 2. The van der Waals surface area contributed by atoms with E-state index in [-0.39, 0.29) is 35.4 Å². The van der Waals surface area contributed by atoms with E-state index in [1.165, 1.54) is 12.4 Å². The van der Waals surface area contributed by atoms with Crippen molar-refractivity contribution in [2.24, 2.45) is 0 Å². The molecule has 0 spiro atoms. The number of amides is 1. The number of ether oxygens (including phenoxy) is 2. The standard InChI is InChI=1S/C31H32FN7O3/c1-4-41-31(2,3)16-20(17-33)30(40)38-14-8-9-21(38)18-39-29-26(28(34)35-19-36-29)27(37-39)24-13-12-23(15-25(24)32)42-22-10-6-5-7-11-22/h5-7,10-13,15-16,19,21H,4,8-9,14,18H2,1-3H3,(H2,34,35,36)/b20-16-. The maximum Gasteiger partial charge on any atom is 0.264 e. The van der Waals surface area contributed by atoms with Gasteiger partial charge in [-0.2, -0.15) is 10.4 Å². The molecule has 1 amide bonds. The van der Waals surface area contributed by atoms with Crippen molar-refractivity contribution < 1.29 is 18.7 Å². The monoisotopic (exact) mass is 569 g/mol. The summed E-state index contributed by atoms with van der Waals surface area (Å²) in [6.45, 7) is 6.71. The third kappa shape index (κ3) is 5.94. The average Bonchev–Trinajstić information content (AvgIpc) is 3.58. The summed E-state index contributed by atoms with van der Waals surface area (Å²) >= 11 is 0. The average molecular weight is 570 g/mol. The summed E-state index contributed by atoms with van der Waals surface area (Å²) in [5.41, 5.74) is 6.43. The van der Waals surface area contributed by atoms with Gasteiger partial charge in [0.2, 0.25) is 0 Å². The van der Waals surface area contributed by atoms with Crippen LogP contribution in [0.5, 0.6) is 11.5 Å². The number of nitrogens with two attached hydrogens (primary N) is 1. The van der Waals surface area contributed by atoms with E-state index in [0.29, 0.717) is 47.8 Å². The number of hydrogen-bond acceptors (Lipinski definition) is 8. The summed E-state index contributed by atoms with van der Waals surface area (Å²) < 4.78 is 28.6. The summed E-state index contributed by atoms with van der Waals surface area (Å²) in [6.07, 6.45) is 4.37. The van der Waals surface area contributed by atoms with Crippen molar-refractivity contribution in [3.63, 3.8) is 0 Å². The summed E-state index contributed by atoms with van der Waals surface area (Å²) in [5, 5.41) is 14.9. The molecule has 0 saturated carbocycles. The first-order valence-electron chi connectivity index (χ1n) is 13.8. The lowest BCUT2D eigenvalue weighted by atomic mass is 10.0. The second-order valence-electron chi connectivity index (χ2n) is 10.5. The molecule has 0 bridgehead atoms. The number of hydrogen-bond donors (Lipinski definition) is 1. The molecule has 2 N–H and O–H groups in total. The molecule has 10 nitrogen and oxygen atoms in total. The third-order valence-corrected chi connectivity index (χ3v) is 7.11. The smallest absolute Gasteiger partial charge is 0.264 e. The van der Waals surface area contributed by atoms with Crippen molar-refractivity contribution in [2.45, 2.75) is 51.8 Å². The normalized spacial score (nSPS) is 15.6. The van der Waals surface area contributed by atoms with E-state index < -0.39 is 11.4 Å². The van der Waals surface area contributed by atoms with Crippen LogP contribution in [-0.4, -0.2) is 55.4 Å². The number of nitrogen functional groups attached to an aromatic ring is 1. The first-order chi connectivity index (χ1) is 20.2. The molecule has 5 rings (SSSR count). The number of halogens is 1. The fraction of sp³-hybridized carbons (Fsp3) is 0.323. The van der Waals surface area contributed by atoms with Crippen LogP contribution in [0.1, 0.15) is 33.6 Å². The fourth-order valence-electron chi connectivity index (χ4n) is 5.27. The molecule has 11 heteroatoms. The number of aromatic nitrogens is 4. The lowest BCUT2D eigenvalue weighted by Crippen LogP contribution is -2.39. The number of fused-ring (bicyclic) bond motifs is 1. The van der Waals surface area contributed by atoms with E-state index in [0.717, 1.165) is 6.42 Å². The van der Waals surface area contributed by atoms with Crippen molar-refractivity contribution >= 4 is 22.8 Å². The van der Waals surface area contributed by atoms with Crippen molar-refractivity contribution in [3.05, 3.63) is 72.3 Å². The molecule has 2 aromatic heterocycles. The minimum atomic E-state index is -0.766. The summed E-state index contributed by atoms with van der Waals surface area (Å²) in [7, 11) is 0. The molecule has 2 aromatic carbocycles. The van der Waals surface area contributed by atoms with Gasteiger partial charge >= 0.3 is 0 Å². The van der Waals surface area contributed by atoms with Crippen LogP contribution < -0.4 is 10.5 Å². The van der Waals surface area contributed by atoms with E-state index >= 15 is 4.39 Å². The molecule has 1 fully saturated rings. The molecule has 1 aliphatic rings. The van der Waals surface area contributed by atoms with Crippen LogP contribution in [0.2, 0.25) is 0 Å². The predicted molar refractivity (Wildman–Crippen MR) is 156 cm³/mol. The van der Waals surface area contributed by atoms with Crippen LogP contribution in [0.3, 0.4) is 0 Å².